The fourth-order valence-corrected chi connectivity index (χ4v) is 5.19. The molecule has 4 heterocycles. The smallest absolute Gasteiger partial charge is 0.271 e. The molecular formula is C25H21N7OS2. The summed E-state index contributed by atoms with van der Waals surface area (Å²) >= 11 is 2.98. The molecule has 1 N–H and O–H groups in total. The number of thiazole rings is 1. The van der Waals surface area contributed by atoms with Gasteiger partial charge in [0.05, 0.1) is 23.7 Å². The number of carbonyl (C=O) groups excluding carboxylic acids is 1. The predicted molar refractivity (Wildman–Crippen MR) is 136 cm³/mol. The number of nitrogens with one attached hydrogen (secondary N) is 1. The lowest BCUT2D eigenvalue weighted by Crippen LogP contribution is -2.23. The van der Waals surface area contributed by atoms with Gasteiger partial charge in [-0.2, -0.15) is 0 Å². The highest BCUT2D eigenvalue weighted by atomic mass is 32.2. The number of hydrogen-bond donors (Lipinski definition) is 1. The van der Waals surface area contributed by atoms with E-state index in [2.05, 4.69) is 49.5 Å². The maximum Gasteiger partial charge on any atom is 0.271 e. The highest BCUT2D eigenvalue weighted by Gasteiger charge is 2.19. The molecule has 0 bridgehead atoms. The van der Waals surface area contributed by atoms with Crippen molar-refractivity contribution in [2.75, 3.05) is 0 Å². The summed E-state index contributed by atoms with van der Waals surface area (Å²) in [5.41, 5.74) is 4.20. The molecule has 0 atom stereocenters. The van der Waals surface area contributed by atoms with Gasteiger partial charge in [-0.25, -0.2) is 4.98 Å². The average Bonchev–Trinajstić information content (AvgIpc) is 3.55. The van der Waals surface area contributed by atoms with Crippen molar-refractivity contribution >= 4 is 29.0 Å². The fraction of sp³-hybridized carbons (Fsp3) is 0.120. The molecule has 1 amide bonds. The Hall–Kier alpha value is -3.89. The van der Waals surface area contributed by atoms with E-state index in [1.54, 1.807) is 24.0 Å². The van der Waals surface area contributed by atoms with Crippen LogP contribution in [-0.4, -0.2) is 35.6 Å². The Kier molecular flexibility index (Phi) is 6.92. The zero-order valence-electron chi connectivity index (χ0n) is 18.8. The minimum absolute atomic E-state index is 0.218. The van der Waals surface area contributed by atoms with Crippen molar-refractivity contribution in [1.82, 2.24) is 35.0 Å². The SMILES string of the molecule is Cc1ccccc1-n1c(SCc2nc(C(=O)NCc3ccccn3)cs2)nnc1-c1cccnc1. The largest absolute Gasteiger partial charge is 0.345 e. The van der Waals surface area contributed by atoms with Gasteiger partial charge < -0.3 is 5.32 Å². The highest BCUT2D eigenvalue weighted by Crippen LogP contribution is 2.31. The van der Waals surface area contributed by atoms with Gasteiger partial charge in [0.2, 0.25) is 0 Å². The standard InChI is InChI=1S/C25H21N7OS2/c1-17-7-2-3-10-21(17)32-23(18-8-6-11-26-13-18)30-31-25(32)35-16-22-29-20(15-34-22)24(33)28-14-19-9-4-5-12-27-19/h2-13,15H,14,16H2,1H3,(H,28,33). The molecule has 10 heteroatoms. The molecule has 0 aliphatic heterocycles. The number of para-hydroxylation sites is 1. The predicted octanol–water partition coefficient (Wildman–Crippen LogP) is 4.71. The molecule has 0 aliphatic carbocycles. The molecular weight excluding hydrogens is 478 g/mol. The van der Waals surface area contributed by atoms with Crippen LogP contribution in [0.5, 0.6) is 0 Å². The van der Waals surface area contributed by atoms with Crippen molar-refractivity contribution in [2.24, 2.45) is 0 Å². The summed E-state index contributed by atoms with van der Waals surface area (Å²) < 4.78 is 2.05. The average molecular weight is 500 g/mol. The third-order valence-corrected chi connectivity index (χ3v) is 7.15. The number of benzene rings is 1. The molecule has 0 saturated heterocycles. The van der Waals surface area contributed by atoms with Crippen LogP contribution >= 0.6 is 23.1 Å². The summed E-state index contributed by atoms with van der Waals surface area (Å²) in [4.78, 5) is 25.5. The Bertz CT molecular complexity index is 1430. The molecule has 4 aromatic heterocycles. The van der Waals surface area contributed by atoms with Gasteiger partial charge in [0.1, 0.15) is 10.7 Å². The normalized spacial score (nSPS) is 10.9. The first-order valence-electron chi connectivity index (χ1n) is 10.9. The molecule has 8 nitrogen and oxygen atoms in total. The van der Waals surface area contributed by atoms with E-state index in [1.807, 2.05) is 47.0 Å². The number of pyridine rings is 2. The van der Waals surface area contributed by atoms with Crippen molar-refractivity contribution in [2.45, 2.75) is 24.4 Å². The lowest BCUT2D eigenvalue weighted by atomic mass is 10.2. The number of thioether (sulfide) groups is 1. The number of nitrogens with zero attached hydrogens (tertiary/aromatic N) is 6. The molecule has 5 rings (SSSR count). The van der Waals surface area contributed by atoms with Crippen molar-refractivity contribution in [3.8, 4) is 17.1 Å². The summed E-state index contributed by atoms with van der Waals surface area (Å²) in [6.45, 7) is 2.42. The van der Waals surface area contributed by atoms with Gasteiger partial charge in [-0.15, -0.1) is 21.5 Å². The first kappa shape index (κ1) is 22.9. The van der Waals surface area contributed by atoms with E-state index in [9.17, 15) is 4.79 Å². The van der Waals surface area contributed by atoms with Crippen LogP contribution in [0.15, 0.2) is 83.7 Å². The second-order valence-corrected chi connectivity index (χ2v) is 9.47. The van der Waals surface area contributed by atoms with Gasteiger partial charge in [0.15, 0.2) is 11.0 Å². The van der Waals surface area contributed by atoms with Crippen LogP contribution in [0, 0.1) is 6.92 Å². The van der Waals surface area contributed by atoms with Crippen LogP contribution in [-0.2, 0) is 12.3 Å². The number of carbonyl (C=O) groups is 1. The Morgan fingerprint density at radius 3 is 2.74 bits per heavy atom. The van der Waals surface area contributed by atoms with Crippen molar-refractivity contribution in [3.05, 3.63) is 101 Å². The van der Waals surface area contributed by atoms with Gasteiger partial charge in [0, 0.05) is 29.5 Å². The molecule has 0 fully saturated rings. The van der Waals surface area contributed by atoms with E-state index in [4.69, 9.17) is 0 Å². The number of aromatic nitrogens is 6. The molecule has 0 radical (unpaired) electrons. The van der Waals surface area contributed by atoms with Crippen LogP contribution in [0.25, 0.3) is 17.1 Å². The van der Waals surface area contributed by atoms with Crippen LogP contribution < -0.4 is 5.32 Å². The minimum atomic E-state index is -0.218. The Labute approximate surface area is 210 Å². The second-order valence-electron chi connectivity index (χ2n) is 7.59. The number of rotatable bonds is 8. The van der Waals surface area contributed by atoms with Crippen molar-refractivity contribution in [3.63, 3.8) is 0 Å². The van der Waals surface area contributed by atoms with Crippen LogP contribution in [0.2, 0.25) is 0 Å². The van der Waals surface area contributed by atoms with E-state index in [-0.39, 0.29) is 5.91 Å². The highest BCUT2D eigenvalue weighted by molar-refractivity contribution is 7.98. The van der Waals surface area contributed by atoms with Crippen LogP contribution in [0.3, 0.4) is 0 Å². The second kappa shape index (κ2) is 10.6. The zero-order valence-corrected chi connectivity index (χ0v) is 20.5. The quantitative estimate of drug-likeness (QED) is 0.309. The molecule has 0 unspecified atom stereocenters. The maximum atomic E-state index is 12.5. The van der Waals surface area contributed by atoms with Gasteiger partial charge in [-0.3, -0.25) is 19.3 Å². The third kappa shape index (κ3) is 5.28. The number of aryl methyl sites for hydroxylation is 1. The topological polar surface area (TPSA) is 98.5 Å². The molecule has 5 aromatic rings. The summed E-state index contributed by atoms with van der Waals surface area (Å²) in [5, 5.41) is 15.2. The third-order valence-electron chi connectivity index (χ3n) is 5.17. The van der Waals surface area contributed by atoms with Crippen molar-refractivity contribution in [1.29, 1.82) is 0 Å². The summed E-state index contributed by atoms with van der Waals surface area (Å²) in [6.07, 6.45) is 5.22. The van der Waals surface area contributed by atoms with Crippen LogP contribution in [0.4, 0.5) is 0 Å². The van der Waals surface area contributed by atoms with Gasteiger partial charge in [0.25, 0.3) is 5.91 Å². The molecule has 1 aromatic carbocycles. The first-order valence-corrected chi connectivity index (χ1v) is 12.7. The van der Waals surface area contributed by atoms with E-state index in [1.165, 1.54) is 23.1 Å². The van der Waals surface area contributed by atoms with Gasteiger partial charge in [-0.1, -0.05) is 36.0 Å². The Morgan fingerprint density at radius 2 is 1.94 bits per heavy atom. The zero-order chi connectivity index (χ0) is 24.0. The van der Waals surface area contributed by atoms with Crippen molar-refractivity contribution < 1.29 is 4.79 Å². The lowest BCUT2D eigenvalue weighted by molar-refractivity contribution is 0.0946. The first-order chi connectivity index (χ1) is 17.2. The number of hydrogen-bond acceptors (Lipinski definition) is 8. The maximum absolute atomic E-state index is 12.5. The van der Waals surface area contributed by atoms with E-state index in [0.29, 0.717) is 18.0 Å². The van der Waals surface area contributed by atoms with E-state index < -0.39 is 0 Å². The molecule has 174 valence electrons. The molecule has 35 heavy (non-hydrogen) atoms. The molecule has 0 spiro atoms. The van der Waals surface area contributed by atoms with E-state index >= 15 is 0 Å². The summed E-state index contributed by atoms with van der Waals surface area (Å²) in [5.74, 6) is 1.07. The Morgan fingerprint density at radius 1 is 1.06 bits per heavy atom. The van der Waals surface area contributed by atoms with E-state index in [0.717, 1.165) is 38.5 Å². The summed E-state index contributed by atoms with van der Waals surface area (Å²) in [6, 6.07) is 17.6. The fourth-order valence-electron chi connectivity index (χ4n) is 3.45. The van der Waals surface area contributed by atoms with Crippen LogP contribution in [0.1, 0.15) is 26.8 Å². The van der Waals surface area contributed by atoms with Gasteiger partial charge >= 0.3 is 0 Å². The minimum Gasteiger partial charge on any atom is -0.345 e. The lowest BCUT2D eigenvalue weighted by Gasteiger charge is -2.12. The van der Waals surface area contributed by atoms with Gasteiger partial charge in [-0.05, 0) is 42.8 Å². The number of amides is 1. The molecule has 0 aliphatic rings. The summed E-state index contributed by atoms with van der Waals surface area (Å²) in [7, 11) is 0. The Balaban J connectivity index is 1.33. The monoisotopic (exact) mass is 499 g/mol. The molecule has 0 saturated carbocycles.